The maximum absolute atomic E-state index is 13.1. The van der Waals surface area contributed by atoms with Gasteiger partial charge in [-0.1, -0.05) is 0 Å². The molecular weight excluding hydrogens is 408 g/mol. The summed E-state index contributed by atoms with van der Waals surface area (Å²) in [6.45, 7) is 1.10. The molecule has 160 valence electrons. The van der Waals surface area contributed by atoms with Crippen LogP contribution in [0, 0.1) is 0 Å². The molecule has 0 aliphatic carbocycles. The highest BCUT2D eigenvalue weighted by Crippen LogP contribution is 2.27. The summed E-state index contributed by atoms with van der Waals surface area (Å²) >= 11 is 0. The molecule has 2 heterocycles. The van der Waals surface area contributed by atoms with E-state index in [0.29, 0.717) is 30.2 Å². The fraction of sp³-hybridized carbons (Fsp3) is 0.381. The molecule has 2 bridgehead atoms. The maximum atomic E-state index is 13.1. The zero-order chi connectivity index (χ0) is 21.3. The Balaban J connectivity index is 1.46. The predicted octanol–water partition coefficient (Wildman–Crippen LogP) is 1.62. The lowest BCUT2D eigenvalue weighted by atomic mass is 10.1. The van der Waals surface area contributed by atoms with Gasteiger partial charge in [0.05, 0.1) is 31.3 Å². The molecule has 30 heavy (non-hydrogen) atoms. The molecule has 0 spiro atoms. The first-order chi connectivity index (χ1) is 14.4. The number of carbonyl (C=O) groups excluding carboxylic acids is 1. The second-order valence-electron chi connectivity index (χ2n) is 7.32. The first-order valence-electron chi connectivity index (χ1n) is 9.63. The summed E-state index contributed by atoms with van der Waals surface area (Å²) in [5, 5.41) is 0. The van der Waals surface area contributed by atoms with E-state index in [9.17, 15) is 13.2 Å². The molecule has 2 aromatic carbocycles. The zero-order valence-corrected chi connectivity index (χ0v) is 17.7. The molecule has 1 amide bonds. The van der Waals surface area contributed by atoms with E-state index >= 15 is 0 Å². The lowest BCUT2D eigenvalue weighted by Crippen LogP contribution is -2.61. The first-order valence-corrected chi connectivity index (χ1v) is 11.1. The fourth-order valence-corrected chi connectivity index (χ4v) is 5.33. The Morgan fingerprint density at radius 1 is 0.867 bits per heavy atom. The van der Waals surface area contributed by atoms with Crippen LogP contribution in [0.3, 0.4) is 0 Å². The average Bonchev–Trinajstić information content (AvgIpc) is 2.78. The minimum Gasteiger partial charge on any atom is -0.497 e. The van der Waals surface area contributed by atoms with Gasteiger partial charge >= 0.3 is 0 Å². The quantitative estimate of drug-likeness (QED) is 0.714. The van der Waals surface area contributed by atoms with Crippen LogP contribution in [0.25, 0.3) is 0 Å². The monoisotopic (exact) mass is 432 g/mol. The molecular formula is C21H24N2O6S. The van der Waals surface area contributed by atoms with Gasteiger partial charge in [0.2, 0.25) is 10.0 Å². The van der Waals surface area contributed by atoms with Gasteiger partial charge in [-0.3, -0.25) is 4.79 Å². The largest absolute Gasteiger partial charge is 0.497 e. The molecule has 0 saturated carbocycles. The highest BCUT2D eigenvalue weighted by molar-refractivity contribution is 7.89. The molecule has 2 atom stereocenters. The fourth-order valence-electron chi connectivity index (χ4n) is 3.83. The van der Waals surface area contributed by atoms with Gasteiger partial charge in [0.1, 0.15) is 11.5 Å². The van der Waals surface area contributed by atoms with E-state index in [1.165, 1.54) is 11.4 Å². The van der Waals surface area contributed by atoms with Crippen molar-refractivity contribution in [2.45, 2.75) is 17.1 Å². The van der Waals surface area contributed by atoms with Crippen LogP contribution in [0.1, 0.15) is 10.4 Å². The number of amides is 1. The predicted molar refractivity (Wildman–Crippen MR) is 109 cm³/mol. The molecule has 2 saturated heterocycles. The number of carbonyl (C=O) groups is 1. The molecule has 0 aromatic heterocycles. The Bertz CT molecular complexity index is 993. The highest BCUT2D eigenvalue weighted by Gasteiger charge is 2.41. The Labute approximate surface area is 176 Å². The topological polar surface area (TPSA) is 85.4 Å². The van der Waals surface area contributed by atoms with E-state index in [4.69, 9.17) is 14.2 Å². The van der Waals surface area contributed by atoms with Crippen LogP contribution in [0.15, 0.2) is 53.4 Å². The SMILES string of the molecule is COc1ccc(C(=O)N2C[C@@H]3CN(S(=O)(=O)c4ccc(OC)cc4)C[C@H](C2)O3)cc1. The average molecular weight is 432 g/mol. The van der Waals surface area contributed by atoms with Gasteiger partial charge in [-0.15, -0.1) is 0 Å². The van der Waals surface area contributed by atoms with Crippen molar-refractivity contribution in [1.82, 2.24) is 9.21 Å². The Hall–Kier alpha value is -2.62. The number of methoxy groups -OCH3 is 2. The summed E-state index contributed by atoms with van der Waals surface area (Å²) in [5.41, 5.74) is 0.568. The minimum atomic E-state index is -3.65. The zero-order valence-electron chi connectivity index (χ0n) is 16.9. The van der Waals surface area contributed by atoms with E-state index in [0.717, 1.165) is 0 Å². The molecule has 0 unspecified atom stereocenters. The maximum Gasteiger partial charge on any atom is 0.254 e. The summed E-state index contributed by atoms with van der Waals surface area (Å²) in [7, 11) is -0.538. The van der Waals surface area contributed by atoms with Gasteiger partial charge in [-0.25, -0.2) is 8.42 Å². The Morgan fingerprint density at radius 2 is 1.37 bits per heavy atom. The van der Waals surface area contributed by atoms with E-state index in [1.54, 1.807) is 60.5 Å². The molecule has 0 N–H and O–H groups in total. The Kier molecular flexibility index (Phi) is 5.68. The van der Waals surface area contributed by atoms with Crippen molar-refractivity contribution in [3.8, 4) is 11.5 Å². The molecule has 4 rings (SSSR count). The summed E-state index contributed by atoms with van der Waals surface area (Å²) in [5.74, 6) is 1.19. The number of nitrogens with zero attached hydrogens (tertiary/aromatic N) is 2. The van der Waals surface area contributed by atoms with Gasteiger partial charge in [0.25, 0.3) is 5.91 Å². The standard InChI is InChI=1S/C21H24N2O6S/c1-27-16-5-3-15(4-6-16)21(24)22-11-18-13-23(14-19(12-22)29-18)30(25,26)20-9-7-17(28-2)8-10-20/h3-10,18-19H,11-14H2,1-2H3/t18-,19+. The lowest BCUT2D eigenvalue weighted by molar-refractivity contribution is -0.113. The Morgan fingerprint density at radius 3 is 1.87 bits per heavy atom. The number of morpholine rings is 2. The van der Waals surface area contributed by atoms with Crippen LogP contribution >= 0.6 is 0 Å². The molecule has 9 heteroatoms. The normalized spacial score (nSPS) is 21.9. The lowest BCUT2D eigenvalue weighted by Gasteiger charge is -2.45. The molecule has 0 radical (unpaired) electrons. The second kappa shape index (κ2) is 8.25. The van der Waals surface area contributed by atoms with Crippen LogP contribution in [0.2, 0.25) is 0 Å². The third kappa shape index (κ3) is 4.00. The molecule has 2 aromatic rings. The number of benzene rings is 2. The van der Waals surface area contributed by atoms with Crippen LogP contribution < -0.4 is 9.47 Å². The third-order valence-corrected chi connectivity index (χ3v) is 7.21. The molecule has 2 aliphatic rings. The van der Waals surface area contributed by atoms with Gasteiger partial charge in [0.15, 0.2) is 0 Å². The smallest absolute Gasteiger partial charge is 0.254 e. The van der Waals surface area contributed by atoms with Crippen LogP contribution in [0.5, 0.6) is 11.5 Å². The van der Waals surface area contributed by atoms with Crippen molar-refractivity contribution in [2.24, 2.45) is 0 Å². The van der Waals surface area contributed by atoms with E-state index in [1.807, 2.05) is 0 Å². The summed E-state index contributed by atoms with van der Waals surface area (Å²) in [6.07, 6.45) is -0.736. The van der Waals surface area contributed by atoms with E-state index in [-0.39, 0.29) is 36.1 Å². The van der Waals surface area contributed by atoms with Crippen LogP contribution in [0.4, 0.5) is 0 Å². The van der Waals surface area contributed by atoms with Crippen molar-refractivity contribution < 1.29 is 27.4 Å². The van der Waals surface area contributed by atoms with Crippen molar-refractivity contribution in [1.29, 1.82) is 0 Å². The highest BCUT2D eigenvalue weighted by atomic mass is 32.2. The second-order valence-corrected chi connectivity index (χ2v) is 9.25. The number of fused-ring (bicyclic) bond motifs is 2. The number of rotatable bonds is 5. The first kappa shape index (κ1) is 20.6. The van der Waals surface area contributed by atoms with Crippen molar-refractivity contribution in [3.63, 3.8) is 0 Å². The summed E-state index contributed by atoms with van der Waals surface area (Å²) < 4.78 is 43.7. The summed E-state index contributed by atoms with van der Waals surface area (Å²) in [4.78, 5) is 14.8. The molecule has 2 fully saturated rings. The number of ether oxygens (including phenoxy) is 3. The van der Waals surface area contributed by atoms with Crippen LogP contribution in [-0.2, 0) is 14.8 Å². The third-order valence-electron chi connectivity index (χ3n) is 5.37. The van der Waals surface area contributed by atoms with E-state index < -0.39 is 10.0 Å². The van der Waals surface area contributed by atoms with E-state index in [2.05, 4.69) is 0 Å². The van der Waals surface area contributed by atoms with Gasteiger partial charge in [-0.2, -0.15) is 4.31 Å². The minimum absolute atomic E-state index is 0.0950. The van der Waals surface area contributed by atoms with Gasteiger partial charge in [-0.05, 0) is 48.5 Å². The van der Waals surface area contributed by atoms with Crippen molar-refractivity contribution >= 4 is 15.9 Å². The molecule has 2 aliphatic heterocycles. The van der Waals surface area contributed by atoms with Gasteiger partial charge < -0.3 is 19.1 Å². The molecule has 8 nitrogen and oxygen atoms in total. The van der Waals surface area contributed by atoms with Crippen LogP contribution in [-0.4, -0.2) is 76.1 Å². The summed E-state index contributed by atoms with van der Waals surface area (Å²) in [6, 6.07) is 13.3. The number of hydrogen-bond donors (Lipinski definition) is 0. The number of hydrogen-bond acceptors (Lipinski definition) is 6. The van der Waals surface area contributed by atoms with Crippen molar-refractivity contribution in [2.75, 3.05) is 40.4 Å². The van der Waals surface area contributed by atoms with Crippen molar-refractivity contribution in [3.05, 3.63) is 54.1 Å². The van der Waals surface area contributed by atoms with Gasteiger partial charge in [0, 0.05) is 31.7 Å². The number of sulfonamides is 1.